The van der Waals surface area contributed by atoms with E-state index in [1.54, 1.807) is 9.80 Å². The maximum absolute atomic E-state index is 14.0. The van der Waals surface area contributed by atoms with Crippen molar-refractivity contribution in [3.63, 3.8) is 0 Å². The Hall–Kier alpha value is -1.73. The zero-order chi connectivity index (χ0) is 19.1. The van der Waals surface area contributed by atoms with E-state index in [9.17, 15) is 13.6 Å². The van der Waals surface area contributed by atoms with Gasteiger partial charge in [0.15, 0.2) is 0 Å². The molecule has 2 N–H and O–H groups in total. The largest absolute Gasteiger partial charge is 0.378 e. The molecule has 2 aliphatic rings. The summed E-state index contributed by atoms with van der Waals surface area (Å²) in [5.41, 5.74) is 5.32. The van der Waals surface area contributed by atoms with Crippen LogP contribution in [0.4, 0.5) is 14.5 Å². The van der Waals surface area contributed by atoms with Crippen LogP contribution >= 0.6 is 0 Å². The van der Waals surface area contributed by atoms with E-state index < -0.39 is 22.6 Å². The van der Waals surface area contributed by atoms with E-state index in [-0.39, 0.29) is 17.7 Å². The smallest absolute Gasteiger partial charge is 0.243 e. The van der Waals surface area contributed by atoms with Gasteiger partial charge in [-0.2, -0.15) is 0 Å². The van der Waals surface area contributed by atoms with E-state index in [4.69, 9.17) is 10.5 Å². The molecule has 1 saturated heterocycles. The van der Waals surface area contributed by atoms with Crippen molar-refractivity contribution in [3.8, 4) is 0 Å². The molecule has 2 unspecified atom stereocenters. The Bertz CT molecular complexity index is 689. The van der Waals surface area contributed by atoms with E-state index in [1.165, 1.54) is 6.07 Å². The number of hydrogen-bond acceptors (Lipinski definition) is 4. The Balaban J connectivity index is 1.65. The second kappa shape index (κ2) is 6.78. The number of ether oxygens (including phenoxy) is 1. The summed E-state index contributed by atoms with van der Waals surface area (Å²) in [4.78, 5) is 16.5. The number of carbonyl (C=O) groups excluding carboxylic acids is 1. The zero-order valence-corrected chi connectivity index (χ0v) is 15.6. The molecule has 1 aromatic carbocycles. The Morgan fingerprint density at radius 1 is 1.27 bits per heavy atom. The molecule has 5 nitrogen and oxygen atoms in total. The summed E-state index contributed by atoms with van der Waals surface area (Å²) < 4.78 is 33.1. The van der Waals surface area contributed by atoms with Crippen molar-refractivity contribution in [1.29, 1.82) is 0 Å². The number of carbonyl (C=O) groups is 1. The number of nitrogens with zero attached hydrogens (tertiary/aromatic N) is 2. The number of halogens is 2. The summed E-state index contributed by atoms with van der Waals surface area (Å²) in [6.45, 7) is 8.21. The standard InChI is InChI=1S/C19H27F2N3O2/c1-4-26-16-12-19(22,18(16,2)3)17(25)24-9-7-23(8-10-24)15-11-13(20)5-6-14(15)21/h5-6,11,16H,4,7-10,12,22H2,1-3H3. The number of piperazine rings is 1. The average molecular weight is 367 g/mol. The van der Waals surface area contributed by atoms with Crippen molar-refractivity contribution in [2.45, 2.75) is 38.8 Å². The van der Waals surface area contributed by atoms with Gasteiger partial charge in [-0.25, -0.2) is 8.78 Å². The van der Waals surface area contributed by atoms with Gasteiger partial charge in [0.2, 0.25) is 5.91 Å². The van der Waals surface area contributed by atoms with Gasteiger partial charge in [0.1, 0.15) is 17.2 Å². The molecule has 2 fully saturated rings. The number of benzene rings is 1. The fraction of sp³-hybridized carbons (Fsp3) is 0.632. The first-order valence-electron chi connectivity index (χ1n) is 9.10. The Morgan fingerprint density at radius 3 is 2.50 bits per heavy atom. The van der Waals surface area contributed by atoms with E-state index in [0.717, 1.165) is 12.1 Å². The molecule has 26 heavy (non-hydrogen) atoms. The van der Waals surface area contributed by atoms with E-state index >= 15 is 0 Å². The molecule has 0 radical (unpaired) electrons. The molecule has 1 aromatic rings. The van der Waals surface area contributed by atoms with Gasteiger partial charge >= 0.3 is 0 Å². The lowest BCUT2D eigenvalue weighted by atomic mass is 9.54. The zero-order valence-electron chi connectivity index (χ0n) is 15.6. The first kappa shape index (κ1) is 19.0. The van der Waals surface area contributed by atoms with Gasteiger partial charge in [0.05, 0.1) is 11.8 Å². The third kappa shape index (κ3) is 2.97. The summed E-state index contributed by atoms with van der Waals surface area (Å²) in [5, 5.41) is 0. The molecule has 1 heterocycles. The van der Waals surface area contributed by atoms with Crippen molar-refractivity contribution in [3.05, 3.63) is 29.8 Å². The lowest BCUT2D eigenvalue weighted by molar-refractivity contribution is -0.179. The van der Waals surface area contributed by atoms with Crippen LogP contribution in [0.25, 0.3) is 0 Å². The van der Waals surface area contributed by atoms with E-state index in [1.807, 2.05) is 20.8 Å². The Labute approximate surface area is 153 Å². The van der Waals surface area contributed by atoms with Crippen molar-refractivity contribution < 1.29 is 18.3 Å². The summed E-state index contributed by atoms with van der Waals surface area (Å²) in [6.07, 6.45) is 0.481. The highest BCUT2D eigenvalue weighted by molar-refractivity contribution is 5.89. The number of nitrogens with two attached hydrogens (primary N) is 1. The first-order valence-corrected chi connectivity index (χ1v) is 9.10. The van der Waals surface area contributed by atoms with Crippen molar-refractivity contribution in [2.75, 3.05) is 37.7 Å². The maximum Gasteiger partial charge on any atom is 0.243 e. The highest BCUT2D eigenvalue weighted by atomic mass is 19.1. The summed E-state index contributed by atoms with van der Waals surface area (Å²) in [7, 11) is 0. The average Bonchev–Trinajstić information content (AvgIpc) is 2.63. The van der Waals surface area contributed by atoms with Crippen LogP contribution in [0.5, 0.6) is 0 Å². The maximum atomic E-state index is 14.0. The van der Waals surface area contributed by atoms with Gasteiger partial charge in [0, 0.05) is 50.7 Å². The molecule has 2 atom stereocenters. The van der Waals surface area contributed by atoms with Crippen LogP contribution in [0.2, 0.25) is 0 Å². The van der Waals surface area contributed by atoms with Crippen LogP contribution in [0.15, 0.2) is 18.2 Å². The van der Waals surface area contributed by atoms with Gasteiger partial charge in [-0.15, -0.1) is 0 Å². The molecule has 1 aliphatic heterocycles. The second-order valence-corrected chi connectivity index (χ2v) is 7.72. The minimum atomic E-state index is -0.945. The van der Waals surface area contributed by atoms with E-state index in [2.05, 4.69) is 0 Å². The first-order chi connectivity index (χ1) is 12.2. The van der Waals surface area contributed by atoms with Crippen LogP contribution < -0.4 is 10.6 Å². The molecule has 7 heteroatoms. The fourth-order valence-electron chi connectivity index (χ4n) is 3.96. The van der Waals surface area contributed by atoms with Crippen molar-refractivity contribution >= 4 is 11.6 Å². The number of hydrogen-bond donors (Lipinski definition) is 1. The fourth-order valence-corrected chi connectivity index (χ4v) is 3.96. The number of anilines is 1. The van der Waals surface area contributed by atoms with Crippen LogP contribution in [0.3, 0.4) is 0 Å². The lowest BCUT2D eigenvalue weighted by Crippen LogP contribution is -2.76. The highest BCUT2D eigenvalue weighted by Gasteiger charge is 2.63. The molecule has 0 bridgehead atoms. The van der Waals surface area contributed by atoms with Gasteiger partial charge in [0.25, 0.3) is 0 Å². The molecular formula is C19H27F2N3O2. The lowest BCUT2D eigenvalue weighted by Gasteiger charge is -2.59. The van der Waals surface area contributed by atoms with Crippen LogP contribution in [0.1, 0.15) is 27.2 Å². The molecule has 144 valence electrons. The second-order valence-electron chi connectivity index (χ2n) is 7.72. The summed E-state index contributed by atoms with van der Waals surface area (Å²) in [6, 6.07) is 3.42. The van der Waals surface area contributed by atoms with Crippen molar-refractivity contribution in [1.82, 2.24) is 4.90 Å². The number of amides is 1. The molecule has 1 aliphatic carbocycles. The summed E-state index contributed by atoms with van der Waals surface area (Å²) >= 11 is 0. The normalized spacial score (nSPS) is 28.0. The summed E-state index contributed by atoms with van der Waals surface area (Å²) in [5.74, 6) is -1.02. The monoisotopic (exact) mass is 367 g/mol. The van der Waals surface area contributed by atoms with Gasteiger partial charge in [-0.3, -0.25) is 4.79 Å². The Kier molecular flexibility index (Phi) is 4.96. The molecular weight excluding hydrogens is 340 g/mol. The molecule has 0 aromatic heterocycles. The predicted molar refractivity (Wildman–Crippen MR) is 95.9 cm³/mol. The minimum absolute atomic E-state index is 0.0240. The Morgan fingerprint density at radius 2 is 1.92 bits per heavy atom. The molecule has 0 spiro atoms. The van der Waals surface area contributed by atoms with Crippen molar-refractivity contribution in [2.24, 2.45) is 11.1 Å². The highest BCUT2D eigenvalue weighted by Crippen LogP contribution is 2.50. The third-order valence-electron chi connectivity index (χ3n) is 6.03. The predicted octanol–water partition coefficient (Wildman–Crippen LogP) is 2.15. The minimum Gasteiger partial charge on any atom is -0.378 e. The quantitative estimate of drug-likeness (QED) is 0.886. The topological polar surface area (TPSA) is 58.8 Å². The number of rotatable bonds is 4. The van der Waals surface area contributed by atoms with Crippen LogP contribution in [-0.2, 0) is 9.53 Å². The molecule has 1 saturated carbocycles. The van der Waals surface area contributed by atoms with Gasteiger partial charge < -0.3 is 20.3 Å². The van der Waals surface area contributed by atoms with Crippen LogP contribution in [-0.4, -0.2) is 55.2 Å². The SMILES string of the molecule is CCOC1CC(N)(C(=O)N2CCN(c3cc(F)ccc3F)CC2)C1(C)C. The molecule has 3 rings (SSSR count). The van der Waals surface area contributed by atoms with E-state index in [0.29, 0.717) is 39.2 Å². The van der Waals surface area contributed by atoms with Gasteiger partial charge in [-0.05, 0) is 19.1 Å². The van der Waals surface area contributed by atoms with Crippen LogP contribution in [0, 0.1) is 17.0 Å². The molecule has 1 amide bonds. The van der Waals surface area contributed by atoms with Gasteiger partial charge in [-0.1, -0.05) is 13.8 Å². The third-order valence-corrected chi connectivity index (χ3v) is 6.03.